The lowest BCUT2D eigenvalue weighted by atomic mass is 10.1. The fourth-order valence-electron chi connectivity index (χ4n) is 2.20. The number of nitrogens with two attached hydrogens (primary N) is 1. The van der Waals surface area contributed by atoms with Crippen LogP contribution in [0.5, 0.6) is 0 Å². The van der Waals surface area contributed by atoms with E-state index in [9.17, 15) is 8.42 Å². The van der Waals surface area contributed by atoms with E-state index in [1.807, 2.05) is 11.8 Å². The van der Waals surface area contributed by atoms with E-state index in [0.29, 0.717) is 27.7 Å². The molecule has 4 nitrogen and oxygen atoms in total. The van der Waals surface area contributed by atoms with Gasteiger partial charge in [-0.25, -0.2) is 8.42 Å². The molecule has 0 aliphatic carbocycles. The molecule has 21 heavy (non-hydrogen) atoms. The Bertz CT molecular complexity index is 625. The molecule has 0 saturated carbocycles. The first-order valence-electron chi connectivity index (χ1n) is 6.52. The summed E-state index contributed by atoms with van der Waals surface area (Å²) in [5.74, 6) is 0.802. The number of benzene rings is 1. The van der Waals surface area contributed by atoms with Gasteiger partial charge in [-0.1, -0.05) is 13.8 Å². The minimum Gasteiger partial charge on any atom is -0.399 e. The lowest BCUT2D eigenvalue weighted by molar-refractivity contribution is 0.415. The van der Waals surface area contributed by atoms with Crippen LogP contribution in [0.25, 0.3) is 0 Å². The van der Waals surface area contributed by atoms with Gasteiger partial charge in [0.05, 0.1) is 0 Å². The van der Waals surface area contributed by atoms with Crippen LogP contribution >= 0.6 is 43.6 Å². The van der Waals surface area contributed by atoms with Crippen molar-refractivity contribution in [1.82, 2.24) is 4.31 Å². The summed E-state index contributed by atoms with van der Waals surface area (Å²) in [6, 6.07) is 3.24. The number of nitrogen functional groups attached to an aromatic ring is 1. The van der Waals surface area contributed by atoms with E-state index in [2.05, 4.69) is 45.7 Å². The maximum Gasteiger partial charge on any atom is 0.245 e. The Kier molecular flexibility index (Phi) is 5.35. The minimum absolute atomic E-state index is 0.111. The third-order valence-corrected chi connectivity index (χ3v) is 8.56. The van der Waals surface area contributed by atoms with Gasteiger partial charge in [-0.15, -0.1) is 0 Å². The van der Waals surface area contributed by atoms with Crippen molar-refractivity contribution in [1.29, 1.82) is 0 Å². The molecule has 1 aliphatic heterocycles. The fraction of sp³-hybridized carbons (Fsp3) is 0.538. The zero-order valence-corrected chi connectivity index (χ0v) is 16.7. The van der Waals surface area contributed by atoms with E-state index in [1.54, 1.807) is 16.4 Å². The highest BCUT2D eigenvalue weighted by Crippen LogP contribution is 2.37. The number of thioether (sulfide) groups is 1. The van der Waals surface area contributed by atoms with E-state index in [4.69, 9.17) is 5.73 Å². The molecule has 1 heterocycles. The smallest absolute Gasteiger partial charge is 0.245 e. The summed E-state index contributed by atoms with van der Waals surface area (Å²) >= 11 is 8.46. The number of nitrogens with zero attached hydrogens (tertiary/aromatic N) is 1. The molecule has 118 valence electrons. The molecule has 1 saturated heterocycles. The normalized spacial score (nSPS) is 20.2. The molecule has 0 unspecified atom stereocenters. The Balaban J connectivity index is 2.39. The molecule has 0 radical (unpaired) electrons. The molecule has 0 atom stereocenters. The number of sulfonamides is 1. The average molecular weight is 458 g/mol. The highest BCUT2D eigenvalue weighted by Gasteiger charge is 2.33. The maximum atomic E-state index is 12.9. The summed E-state index contributed by atoms with van der Waals surface area (Å²) in [4.78, 5) is 0.251. The van der Waals surface area contributed by atoms with E-state index < -0.39 is 10.0 Å². The van der Waals surface area contributed by atoms with Crippen LogP contribution in [-0.4, -0.2) is 36.3 Å². The summed E-state index contributed by atoms with van der Waals surface area (Å²) in [6.45, 7) is 5.37. The van der Waals surface area contributed by atoms with Gasteiger partial charge < -0.3 is 5.73 Å². The van der Waals surface area contributed by atoms with Crippen molar-refractivity contribution in [3.05, 3.63) is 21.1 Å². The Morgan fingerprint density at radius 3 is 2.38 bits per heavy atom. The maximum absolute atomic E-state index is 12.9. The molecule has 8 heteroatoms. The topological polar surface area (TPSA) is 63.4 Å². The van der Waals surface area contributed by atoms with Gasteiger partial charge in [-0.3, -0.25) is 0 Å². The van der Waals surface area contributed by atoms with Crippen molar-refractivity contribution in [3.8, 4) is 0 Å². The first-order valence-corrected chi connectivity index (χ1v) is 10.5. The second-order valence-corrected chi connectivity index (χ2v) is 11.0. The second-order valence-electron chi connectivity index (χ2n) is 5.58. The molecule has 1 aliphatic rings. The van der Waals surface area contributed by atoms with Crippen LogP contribution in [0.2, 0.25) is 0 Å². The average Bonchev–Trinajstić information content (AvgIpc) is 2.48. The molecular weight excluding hydrogens is 440 g/mol. The fourth-order valence-corrected chi connectivity index (χ4v) is 7.39. The quantitative estimate of drug-likeness (QED) is 0.687. The highest BCUT2D eigenvalue weighted by atomic mass is 79.9. The summed E-state index contributed by atoms with van der Waals surface area (Å²) in [6.07, 6.45) is 0.834. The minimum atomic E-state index is -3.54. The van der Waals surface area contributed by atoms with Gasteiger partial charge in [0.15, 0.2) is 0 Å². The van der Waals surface area contributed by atoms with Gasteiger partial charge >= 0.3 is 0 Å². The number of rotatable bonds is 2. The van der Waals surface area contributed by atoms with Crippen molar-refractivity contribution in [2.45, 2.75) is 29.9 Å². The van der Waals surface area contributed by atoms with E-state index in [-0.39, 0.29) is 9.64 Å². The van der Waals surface area contributed by atoms with Crippen molar-refractivity contribution in [3.63, 3.8) is 0 Å². The molecule has 1 fully saturated rings. The summed E-state index contributed by atoms with van der Waals surface area (Å²) < 4.78 is 28.5. The van der Waals surface area contributed by atoms with Gasteiger partial charge in [0.1, 0.15) is 4.90 Å². The first-order chi connectivity index (χ1) is 9.63. The zero-order valence-electron chi connectivity index (χ0n) is 11.9. The van der Waals surface area contributed by atoms with Crippen LogP contribution in [0.4, 0.5) is 5.69 Å². The van der Waals surface area contributed by atoms with Crippen LogP contribution in [-0.2, 0) is 10.0 Å². The van der Waals surface area contributed by atoms with Crippen LogP contribution < -0.4 is 5.73 Å². The van der Waals surface area contributed by atoms with Crippen molar-refractivity contribution in [2.75, 3.05) is 24.6 Å². The van der Waals surface area contributed by atoms with Crippen LogP contribution in [0.15, 0.2) is 26.0 Å². The number of hydrogen-bond acceptors (Lipinski definition) is 4. The Hall–Kier alpha value is 0.240. The third-order valence-electron chi connectivity index (χ3n) is 3.42. The van der Waals surface area contributed by atoms with Gasteiger partial charge in [0.25, 0.3) is 0 Å². The second kappa shape index (κ2) is 6.39. The van der Waals surface area contributed by atoms with Gasteiger partial charge in [0, 0.05) is 38.2 Å². The SMILES string of the molecule is CC1(C)CCN(S(=O)(=O)c2c(Br)cc(N)cc2Br)CCS1. The molecule has 1 aromatic rings. The van der Waals surface area contributed by atoms with Crippen molar-refractivity contribution >= 4 is 59.3 Å². The van der Waals surface area contributed by atoms with Crippen molar-refractivity contribution in [2.24, 2.45) is 0 Å². The monoisotopic (exact) mass is 456 g/mol. The Morgan fingerprint density at radius 2 is 1.81 bits per heavy atom. The van der Waals surface area contributed by atoms with Gasteiger partial charge in [-0.05, 0) is 50.4 Å². The van der Waals surface area contributed by atoms with E-state index >= 15 is 0 Å². The van der Waals surface area contributed by atoms with Gasteiger partial charge in [0.2, 0.25) is 10.0 Å². The summed E-state index contributed by atoms with van der Waals surface area (Å²) in [7, 11) is -3.54. The lowest BCUT2D eigenvalue weighted by Gasteiger charge is -2.23. The number of anilines is 1. The molecule has 2 N–H and O–H groups in total. The lowest BCUT2D eigenvalue weighted by Crippen LogP contribution is -2.34. The molecule has 0 bridgehead atoms. The number of halogens is 2. The van der Waals surface area contributed by atoms with Gasteiger partial charge in [-0.2, -0.15) is 16.1 Å². The largest absolute Gasteiger partial charge is 0.399 e. The molecular formula is C13H18Br2N2O2S2. The van der Waals surface area contributed by atoms with E-state index in [0.717, 1.165) is 12.2 Å². The highest BCUT2D eigenvalue weighted by molar-refractivity contribution is 9.11. The van der Waals surface area contributed by atoms with Crippen LogP contribution in [0.3, 0.4) is 0 Å². The Morgan fingerprint density at radius 1 is 1.24 bits per heavy atom. The predicted octanol–water partition coefficient (Wildman–Crippen LogP) is 3.70. The van der Waals surface area contributed by atoms with Crippen LogP contribution in [0, 0.1) is 0 Å². The summed E-state index contributed by atoms with van der Waals surface area (Å²) in [5.41, 5.74) is 6.25. The van der Waals surface area contributed by atoms with Crippen LogP contribution in [0.1, 0.15) is 20.3 Å². The molecule has 1 aromatic carbocycles. The van der Waals surface area contributed by atoms with E-state index in [1.165, 1.54) is 0 Å². The first kappa shape index (κ1) is 17.6. The number of hydrogen-bond donors (Lipinski definition) is 1. The molecule has 2 rings (SSSR count). The Labute approximate surface area is 147 Å². The zero-order chi connectivity index (χ0) is 15.8. The van der Waals surface area contributed by atoms with Crippen molar-refractivity contribution < 1.29 is 8.42 Å². The third kappa shape index (κ3) is 3.96. The summed E-state index contributed by atoms with van der Waals surface area (Å²) in [5, 5.41) is 0. The standard InChI is InChI=1S/C13H18Br2N2O2S2/c1-13(2)3-4-17(5-6-20-13)21(18,19)12-10(14)7-9(16)8-11(12)15/h7-8H,3-6,16H2,1-2H3. The predicted molar refractivity (Wildman–Crippen MR) is 96.2 cm³/mol. The molecule has 0 amide bonds. The molecule has 0 aromatic heterocycles. The molecule has 0 spiro atoms.